The monoisotopic (exact) mass is 272 g/mol. The van der Waals surface area contributed by atoms with Crippen LogP contribution >= 0.6 is 0 Å². The average Bonchev–Trinajstić information content (AvgIpc) is 2.45. The van der Waals surface area contributed by atoms with Crippen LogP contribution in [0.15, 0.2) is 12.4 Å². The summed E-state index contributed by atoms with van der Waals surface area (Å²) in [5.41, 5.74) is 8.31. The van der Waals surface area contributed by atoms with E-state index >= 15 is 0 Å². The van der Waals surface area contributed by atoms with Crippen LogP contribution in [0.2, 0.25) is 0 Å². The van der Waals surface area contributed by atoms with Gasteiger partial charge in [0.15, 0.2) is 0 Å². The molecule has 2 rings (SSSR count). The minimum absolute atomic E-state index is 0.147. The zero-order valence-electron chi connectivity index (χ0n) is 11.2. The van der Waals surface area contributed by atoms with Crippen LogP contribution in [-0.2, 0) is 19.4 Å². The first-order valence-corrected chi connectivity index (χ1v) is 6.18. The zero-order valence-corrected chi connectivity index (χ0v) is 11.2. The Labute approximate surface area is 116 Å². The maximum Gasteiger partial charge on any atom is 0.136 e. The normalized spacial score (nSPS) is 10.5. The van der Waals surface area contributed by atoms with E-state index in [0.29, 0.717) is 41.4 Å². The minimum Gasteiger partial charge on any atom is -0.390 e. The predicted molar refractivity (Wildman–Crippen MR) is 74.4 cm³/mol. The summed E-state index contributed by atoms with van der Waals surface area (Å²) in [5, 5.41) is 16.6. The van der Waals surface area contributed by atoms with Gasteiger partial charge in [0.1, 0.15) is 11.6 Å². The van der Waals surface area contributed by atoms with Crippen LogP contribution in [0.1, 0.15) is 28.5 Å². The van der Waals surface area contributed by atoms with Crippen molar-refractivity contribution in [3.63, 3.8) is 0 Å². The van der Waals surface area contributed by atoms with Crippen molar-refractivity contribution < 1.29 is 5.11 Å². The van der Waals surface area contributed by atoms with Crippen LogP contribution in [0.5, 0.6) is 0 Å². The molecule has 0 bridgehead atoms. The van der Waals surface area contributed by atoms with Gasteiger partial charge in [0.2, 0.25) is 0 Å². The molecule has 0 aliphatic rings. The van der Waals surface area contributed by atoms with Crippen LogP contribution in [0.4, 0.5) is 5.82 Å². The molecule has 0 saturated heterocycles. The Morgan fingerprint density at radius 3 is 2.45 bits per heavy atom. The van der Waals surface area contributed by atoms with Gasteiger partial charge >= 0.3 is 0 Å². The highest BCUT2D eigenvalue weighted by atomic mass is 16.3. The maximum atomic E-state index is 9.22. The van der Waals surface area contributed by atoms with Crippen LogP contribution in [0.3, 0.4) is 0 Å². The third-order valence-electron chi connectivity index (χ3n) is 2.92. The average molecular weight is 272 g/mol. The van der Waals surface area contributed by atoms with Crippen molar-refractivity contribution in [2.24, 2.45) is 0 Å². The number of nitrogen functional groups attached to an aromatic ring is 1. The van der Waals surface area contributed by atoms with E-state index in [1.807, 2.05) is 0 Å². The van der Waals surface area contributed by atoms with Gasteiger partial charge in [-0.1, -0.05) is 0 Å². The van der Waals surface area contributed by atoms with Crippen LogP contribution in [0.25, 0.3) is 0 Å². The van der Waals surface area contributed by atoms with Crippen molar-refractivity contribution in [2.75, 3.05) is 5.73 Å². The Kier molecular flexibility index (Phi) is 4.31. The van der Waals surface area contributed by atoms with Gasteiger partial charge in [-0.3, -0.25) is 9.97 Å². The Balaban J connectivity index is 2.25. The molecule has 2 aromatic heterocycles. The van der Waals surface area contributed by atoms with Gasteiger partial charge in [0.05, 0.1) is 29.3 Å². The molecule has 0 spiro atoms. The number of nitrogens with zero attached hydrogens (tertiary/aromatic N) is 4. The molecule has 0 atom stereocenters. The standard InChI is InChI=1S/C13H16N6O/c1-8-18-10(9(6-14)13(15)19-8)2-3-11-12(7-20)17-5-4-16-11/h4-6,14,20H,2-3,7H2,1H3,(H2,15,18,19). The van der Waals surface area contributed by atoms with E-state index in [0.717, 1.165) is 11.9 Å². The molecular weight excluding hydrogens is 256 g/mol. The Morgan fingerprint density at radius 2 is 1.80 bits per heavy atom. The summed E-state index contributed by atoms with van der Waals surface area (Å²) in [5.74, 6) is 0.883. The highest BCUT2D eigenvalue weighted by molar-refractivity contribution is 5.84. The number of anilines is 1. The molecule has 0 fully saturated rings. The minimum atomic E-state index is -0.147. The van der Waals surface area contributed by atoms with Gasteiger partial charge in [-0.05, 0) is 19.8 Å². The first kappa shape index (κ1) is 14.0. The molecule has 0 saturated carbocycles. The molecule has 2 heterocycles. The van der Waals surface area contributed by atoms with E-state index in [9.17, 15) is 5.11 Å². The maximum absolute atomic E-state index is 9.22. The first-order valence-electron chi connectivity index (χ1n) is 6.18. The van der Waals surface area contributed by atoms with Crippen molar-refractivity contribution in [1.29, 1.82) is 5.41 Å². The molecule has 104 valence electrons. The fourth-order valence-corrected chi connectivity index (χ4v) is 1.98. The molecular formula is C13H16N6O. The molecule has 0 unspecified atom stereocenters. The number of nitrogens with two attached hydrogens (primary N) is 1. The van der Waals surface area contributed by atoms with E-state index in [2.05, 4.69) is 19.9 Å². The topological polar surface area (TPSA) is 122 Å². The summed E-state index contributed by atoms with van der Waals surface area (Å²) in [7, 11) is 0. The first-order chi connectivity index (χ1) is 9.65. The summed E-state index contributed by atoms with van der Waals surface area (Å²) >= 11 is 0. The van der Waals surface area contributed by atoms with Gasteiger partial charge in [-0.15, -0.1) is 0 Å². The number of hydrogen-bond donors (Lipinski definition) is 3. The molecule has 0 aliphatic heterocycles. The van der Waals surface area contributed by atoms with Crippen LogP contribution < -0.4 is 5.73 Å². The molecule has 7 nitrogen and oxygen atoms in total. The summed E-state index contributed by atoms with van der Waals surface area (Å²) < 4.78 is 0. The Hall–Kier alpha value is -2.41. The molecule has 0 aromatic carbocycles. The SMILES string of the molecule is Cc1nc(N)c(C=N)c(CCc2nccnc2CO)n1. The Bertz CT molecular complexity index is 628. The van der Waals surface area contributed by atoms with E-state index < -0.39 is 0 Å². The fraction of sp³-hybridized carbons (Fsp3) is 0.308. The summed E-state index contributed by atoms with van der Waals surface area (Å²) in [6.07, 6.45) is 5.43. The number of aryl methyl sites for hydroxylation is 3. The predicted octanol–water partition coefficient (Wildman–Crippen LogP) is 0.432. The second-order valence-corrected chi connectivity index (χ2v) is 4.27. The van der Waals surface area contributed by atoms with E-state index in [4.69, 9.17) is 11.1 Å². The van der Waals surface area contributed by atoms with Gasteiger partial charge in [0.25, 0.3) is 0 Å². The number of aliphatic hydroxyl groups is 1. The fourth-order valence-electron chi connectivity index (χ4n) is 1.98. The molecule has 7 heteroatoms. The zero-order chi connectivity index (χ0) is 14.5. The summed E-state index contributed by atoms with van der Waals surface area (Å²) in [6, 6.07) is 0. The molecule has 0 aliphatic carbocycles. The summed E-state index contributed by atoms with van der Waals surface area (Å²) in [6.45, 7) is 1.61. The van der Waals surface area contributed by atoms with Gasteiger partial charge < -0.3 is 16.2 Å². The lowest BCUT2D eigenvalue weighted by atomic mass is 10.1. The number of rotatable bonds is 5. The number of aliphatic hydroxyl groups excluding tert-OH is 1. The Morgan fingerprint density at radius 1 is 1.15 bits per heavy atom. The lowest BCUT2D eigenvalue weighted by molar-refractivity contribution is 0.274. The summed E-state index contributed by atoms with van der Waals surface area (Å²) in [4.78, 5) is 16.6. The molecule has 20 heavy (non-hydrogen) atoms. The number of hydrogen-bond acceptors (Lipinski definition) is 7. The smallest absolute Gasteiger partial charge is 0.136 e. The molecule has 2 aromatic rings. The second-order valence-electron chi connectivity index (χ2n) is 4.27. The van der Waals surface area contributed by atoms with Gasteiger partial charge in [0, 0.05) is 18.6 Å². The van der Waals surface area contributed by atoms with Crippen molar-refractivity contribution in [3.05, 3.63) is 40.9 Å². The number of aromatic nitrogens is 4. The van der Waals surface area contributed by atoms with Crippen molar-refractivity contribution in [3.8, 4) is 0 Å². The lowest BCUT2D eigenvalue weighted by Crippen LogP contribution is -2.10. The number of nitrogens with one attached hydrogen (secondary N) is 1. The molecule has 4 N–H and O–H groups in total. The quantitative estimate of drug-likeness (QED) is 0.679. The third kappa shape index (κ3) is 2.94. The van der Waals surface area contributed by atoms with Crippen molar-refractivity contribution in [2.45, 2.75) is 26.4 Å². The van der Waals surface area contributed by atoms with Gasteiger partial charge in [-0.2, -0.15) is 0 Å². The second kappa shape index (κ2) is 6.16. The van der Waals surface area contributed by atoms with Crippen LogP contribution in [-0.4, -0.2) is 31.3 Å². The van der Waals surface area contributed by atoms with Crippen molar-refractivity contribution in [1.82, 2.24) is 19.9 Å². The van der Waals surface area contributed by atoms with Gasteiger partial charge in [-0.25, -0.2) is 9.97 Å². The molecule has 0 amide bonds. The largest absolute Gasteiger partial charge is 0.390 e. The highest BCUT2D eigenvalue weighted by Crippen LogP contribution is 2.14. The highest BCUT2D eigenvalue weighted by Gasteiger charge is 2.11. The molecule has 0 radical (unpaired) electrons. The van der Waals surface area contributed by atoms with Crippen molar-refractivity contribution >= 4 is 12.0 Å². The van der Waals surface area contributed by atoms with E-state index in [1.165, 1.54) is 0 Å². The van der Waals surface area contributed by atoms with Crippen LogP contribution in [0, 0.1) is 12.3 Å². The lowest BCUT2D eigenvalue weighted by Gasteiger charge is -2.09. The van der Waals surface area contributed by atoms with E-state index in [-0.39, 0.29) is 6.61 Å². The van der Waals surface area contributed by atoms with E-state index in [1.54, 1.807) is 19.3 Å². The third-order valence-corrected chi connectivity index (χ3v) is 2.92.